The van der Waals surface area contributed by atoms with Crippen LogP contribution in [-0.4, -0.2) is 21.9 Å². The molecule has 1 aromatic carbocycles. The summed E-state index contributed by atoms with van der Waals surface area (Å²) in [6.07, 6.45) is 4.38. The highest BCUT2D eigenvalue weighted by molar-refractivity contribution is 6.29. The number of hydrogen-bond donors (Lipinski definition) is 1. The molecule has 2 heterocycles. The summed E-state index contributed by atoms with van der Waals surface area (Å²) in [6, 6.07) is 11.4. The Morgan fingerprint density at radius 3 is 2.72 bits per heavy atom. The summed E-state index contributed by atoms with van der Waals surface area (Å²) in [5.74, 6) is 0.426. The van der Waals surface area contributed by atoms with Crippen molar-refractivity contribution >= 4 is 34.1 Å². The Bertz CT molecular complexity index is 887. The molecule has 25 heavy (non-hydrogen) atoms. The van der Waals surface area contributed by atoms with Crippen LogP contribution in [0, 0.1) is 5.92 Å². The van der Waals surface area contributed by atoms with Gasteiger partial charge in [-0.25, -0.2) is 4.98 Å². The van der Waals surface area contributed by atoms with Crippen molar-refractivity contribution in [3.8, 4) is 0 Å². The molecule has 3 aromatic rings. The lowest BCUT2D eigenvalue weighted by atomic mass is 10.0. The Kier molecular flexibility index (Phi) is 5.09. The van der Waals surface area contributed by atoms with Crippen LogP contribution in [0.25, 0.3) is 10.9 Å². The zero-order valence-electron chi connectivity index (χ0n) is 14.7. The highest BCUT2D eigenvalue weighted by Crippen LogP contribution is 2.27. The van der Waals surface area contributed by atoms with E-state index in [4.69, 9.17) is 11.6 Å². The van der Waals surface area contributed by atoms with Crippen LogP contribution in [0.2, 0.25) is 5.15 Å². The van der Waals surface area contributed by atoms with Gasteiger partial charge in [0.2, 0.25) is 0 Å². The number of amides is 1. The van der Waals surface area contributed by atoms with Gasteiger partial charge in [0.1, 0.15) is 5.15 Å². The number of aromatic nitrogens is 2. The van der Waals surface area contributed by atoms with E-state index < -0.39 is 0 Å². The van der Waals surface area contributed by atoms with Crippen molar-refractivity contribution in [2.75, 3.05) is 4.90 Å². The van der Waals surface area contributed by atoms with E-state index in [9.17, 15) is 4.79 Å². The van der Waals surface area contributed by atoms with E-state index >= 15 is 0 Å². The maximum atomic E-state index is 13.2. The molecule has 130 valence electrons. The van der Waals surface area contributed by atoms with Gasteiger partial charge in [-0.2, -0.15) is 0 Å². The van der Waals surface area contributed by atoms with Crippen molar-refractivity contribution in [3.63, 3.8) is 0 Å². The zero-order valence-corrected chi connectivity index (χ0v) is 15.4. The number of benzene rings is 1. The molecule has 0 aliphatic rings. The normalized spacial score (nSPS) is 12.5. The minimum Gasteiger partial charge on any atom is -0.361 e. The minimum absolute atomic E-state index is 0.0627. The average Bonchev–Trinajstić information content (AvgIpc) is 3.02. The Labute approximate surface area is 152 Å². The van der Waals surface area contributed by atoms with Crippen LogP contribution in [0.4, 0.5) is 5.69 Å². The highest BCUT2D eigenvalue weighted by atomic mass is 35.5. The van der Waals surface area contributed by atoms with E-state index in [1.807, 2.05) is 35.4 Å². The molecule has 0 spiro atoms. The van der Waals surface area contributed by atoms with Crippen LogP contribution in [0.5, 0.6) is 0 Å². The molecule has 3 rings (SSSR count). The summed E-state index contributed by atoms with van der Waals surface area (Å²) in [4.78, 5) is 22.2. The van der Waals surface area contributed by atoms with E-state index in [-0.39, 0.29) is 11.9 Å². The summed E-state index contributed by atoms with van der Waals surface area (Å²) in [5, 5.41) is 1.41. The fourth-order valence-corrected chi connectivity index (χ4v) is 3.40. The van der Waals surface area contributed by atoms with Crippen molar-refractivity contribution in [1.82, 2.24) is 9.97 Å². The second kappa shape index (κ2) is 7.28. The van der Waals surface area contributed by atoms with E-state index in [1.165, 1.54) is 0 Å². The standard InChI is InChI=1S/C20H22ClN3O/c1-13(2)10-14(3)24(20(25)16-7-9-23-19(21)12-16)17-4-5-18-15(11-17)6-8-22-18/h4-9,11-14,22H,10H2,1-3H3/t14-/m0/s1. The summed E-state index contributed by atoms with van der Waals surface area (Å²) < 4.78 is 0. The topological polar surface area (TPSA) is 49.0 Å². The van der Waals surface area contributed by atoms with Gasteiger partial charge in [0, 0.05) is 40.6 Å². The minimum atomic E-state index is -0.0627. The molecule has 0 aliphatic heterocycles. The van der Waals surface area contributed by atoms with Crippen molar-refractivity contribution in [1.29, 1.82) is 0 Å². The first kappa shape index (κ1) is 17.5. The van der Waals surface area contributed by atoms with Gasteiger partial charge in [0.25, 0.3) is 5.91 Å². The maximum Gasteiger partial charge on any atom is 0.258 e. The second-order valence-electron chi connectivity index (χ2n) is 6.77. The van der Waals surface area contributed by atoms with Gasteiger partial charge in [0.05, 0.1) is 0 Å². The molecule has 0 unspecified atom stereocenters. The van der Waals surface area contributed by atoms with E-state index in [1.54, 1.807) is 18.3 Å². The Morgan fingerprint density at radius 1 is 1.20 bits per heavy atom. The summed E-state index contributed by atoms with van der Waals surface area (Å²) in [6.45, 7) is 6.41. The van der Waals surface area contributed by atoms with Crippen LogP contribution in [0.3, 0.4) is 0 Å². The number of rotatable bonds is 5. The Hall–Kier alpha value is -2.33. The molecule has 0 aliphatic carbocycles. The van der Waals surface area contributed by atoms with Crippen LogP contribution >= 0.6 is 11.6 Å². The average molecular weight is 356 g/mol. The number of anilines is 1. The lowest BCUT2D eigenvalue weighted by Crippen LogP contribution is -2.39. The molecule has 0 radical (unpaired) electrons. The third-order valence-corrected chi connectivity index (χ3v) is 4.47. The van der Waals surface area contributed by atoms with E-state index in [0.29, 0.717) is 16.6 Å². The maximum absolute atomic E-state index is 13.2. The molecule has 1 atom stereocenters. The zero-order chi connectivity index (χ0) is 18.0. The lowest BCUT2D eigenvalue weighted by Gasteiger charge is -2.31. The third-order valence-electron chi connectivity index (χ3n) is 4.26. The van der Waals surface area contributed by atoms with Crippen molar-refractivity contribution in [2.45, 2.75) is 33.2 Å². The number of carbonyl (C=O) groups excluding carboxylic acids is 1. The predicted octanol–water partition coefficient (Wildman–Crippen LogP) is 5.30. The molecule has 5 heteroatoms. The van der Waals surface area contributed by atoms with Crippen LogP contribution in [0.1, 0.15) is 37.6 Å². The van der Waals surface area contributed by atoms with Crippen molar-refractivity contribution < 1.29 is 4.79 Å². The van der Waals surface area contributed by atoms with Gasteiger partial charge in [-0.3, -0.25) is 4.79 Å². The molecule has 0 saturated carbocycles. The first-order chi connectivity index (χ1) is 12.0. The number of halogens is 1. The third kappa shape index (κ3) is 3.85. The number of H-pyrrole nitrogens is 1. The number of hydrogen-bond acceptors (Lipinski definition) is 2. The molecular formula is C20H22ClN3O. The molecule has 1 N–H and O–H groups in total. The molecular weight excluding hydrogens is 334 g/mol. The van der Waals surface area contributed by atoms with Gasteiger partial charge < -0.3 is 9.88 Å². The number of pyridine rings is 1. The monoisotopic (exact) mass is 355 g/mol. The quantitative estimate of drug-likeness (QED) is 0.631. The molecule has 2 aromatic heterocycles. The number of fused-ring (bicyclic) bond motifs is 1. The fourth-order valence-electron chi connectivity index (χ4n) is 3.22. The van der Waals surface area contributed by atoms with Crippen molar-refractivity contribution in [2.24, 2.45) is 5.92 Å². The number of aromatic amines is 1. The number of nitrogens with one attached hydrogen (secondary N) is 1. The highest BCUT2D eigenvalue weighted by Gasteiger charge is 2.24. The van der Waals surface area contributed by atoms with Gasteiger partial charge in [-0.05, 0) is 55.7 Å². The molecule has 0 bridgehead atoms. The molecule has 4 nitrogen and oxygen atoms in total. The van der Waals surface area contributed by atoms with E-state index in [2.05, 4.69) is 30.7 Å². The van der Waals surface area contributed by atoms with Gasteiger partial charge in [0.15, 0.2) is 0 Å². The summed E-state index contributed by atoms with van der Waals surface area (Å²) in [5.41, 5.74) is 2.49. The van der Waals surface area contributed by atoms with Crippen LogP contribution in [0.15, 0.2) is 48.8 Å². The molecule has 0 fully saturated rings. The van der Waals surface area contributed by atoms with Crippen molar-refractivity contribution in [3.05, 3.63) is 59.5 Å². The van der Waals surface area contributed by atoms with Crippen LogP contribution in [-0.2, 0) is 0 Å². The number of nitrogens with zero attached hydrogens (tertiary/aromatic N) is 2. The largest absolute Gasteiger partial charge is 0.361 e. The van der Waals surface area contributed by atoms with Gasteiger partial charge >= 0.3 is 0 Å². The predicted molar refractivity (Wildman–Crippen MR) is 103 cm³/mol. The number of carbonyl (C=O) groups is 1. The first-order valence-electron chi connectivity index (χ1n) is 8.48. The fraction of sp³-hybridized carbons (Fsp3) is 0.300. The van der Waals surface area contributed by atoms with Crippen LogP contribution < -0.4 is 4.90 Å². The first-order valence-corrected chi connectivity index (χ1v) is 8.85. The molecule has 0 saturated heterocycles. The SMILES string of the molecule is CC(C)C[C@H](C)N(C(=O)c1ccnc(Cl)c1)c1ccc2[nH]ccc2c1. The smallest absolute Gasteiger partial charge is 0.258 e. The van der Waals surface area contributed by atoms with Gasteiger partial charge in [-0.15, -0.1) is 0 Å². The molecule has 1 amide bonds. The second-order valence-corrected chi connectivity index (χ2v) is 7.16. The Balaban J connectivity index is 2.03. The summed E-state index contributed by atoms with van der Waals surface area (Å²) in [7, 11) is 0. The summed E-state index contributed by atoms with van der Waals surface area (Å²) >= 11 is 5.98. The lowest BCUT2D eigenvalue weighted by molar-refractivity contribution is 0.0976. The van der Waals surface area contributed by atoms with E-state index in [0.717, 1.165) is 23.0 Å². The van der Waals surface area contributed by atoms with Gasteiger partial charge in [-0.1, -0.05) is 25.4 Å². The Morgan fingerprint density at radius 2 is 2.00 bits per heavy atom.